The molecular formula is C15H17ClN4O. The van der Waals surface area contributed by atoms with Crippen LogP contribution in [-0.2, 0) is 11.3 Å². The SMILES string of the molecule is Clc1ccc(CNc2cc(N3CCOCC3)ncn2)cc1. The summed E-state index contributed by atoms with van der Waals surface area (Å²) in [5.41, 5.74) is 1.16. The van der Waals surface area contributed by atoms with E-state index in [9.17, 15) is 0 Å². The highest BCUT2D eigenvalue weighted by molar-refractivity contribution is 6.30. The third kappa shape index (κ3) is 3.83. The minimum absolute atomic E-state index is 0.705. The minimum atomic E-state index is 0.705. The zero-order chi connectivity index (χ0) is 14.5. The average molecular weight is 305 g/mol. The van der Waals surface area contributed by atoms with Gasteiger partial charge in [-0.15, -0.1) is 0 Å². The van der Waals surface area contributed by atoms with Crippen LogP contribution in [0.2, 0.25) is 5.02 Å². The van der Waals surface area contributed by atoms with E-state index < -0.39 is 0 Å². The molecule has 1 aromatic carbocycles. The van der Waals surface area contributed by atoms with Gasteiger partial charge in [0.25, 0.3) is 0 Å². The van der Waals surface area contributed by atoms with Crippen LogP contribution in [0.5, 0.6) is 0 Å². The number of hydrogen-bond acceptors (Lipinski definition) is 5. The van der Waals surface area contributed by atoms with Gasteiger partial charge in [0.2, 0.25) is 0 Å². The van der Waals surface area contributed by atoms with E-state index in [1.165, 1.54) is 0 Å². The Kier molecular flexibility index (Phi) is 4.52. The van der Waals surface area contributed by atoms with Gasteiger partial charge in [0.15, 0.2) is 0 Å². The van der Waals surface area contributed by atoms with Gasteiger partial charge in [-0.3, -0.25) is 0 Å². The Morgan fingerprint density at radius 2 is 1.90 bits per heavy atom. The zero-order valence-corrected chi connectivity index (χ0v) is 12.4. The van der Waals surface area contributed by atoms with E-state index in [4.69, 9.17) is 16.3 Å². The molecule has 1 aliphatic rings. The standard InChI is InChI=1S/C15H17ClN4O/c16-13-3-1-12(2-4-13)10-17-14-9-15(19-11-18-14)20-5-7-21-8-6-20/h1-4,9,11H,5-8,10H2,(H,17,18,19). The first-order valence-electron chi connectivity index (χ1n) is 6.94. The Hall–Kier alpha value is -1.85. The summed E-state index contributed by atoms with van der Waals surface area (Å²) in [4.78, 5) is 10.8. The van der Waals surface area contributed by atoms with Crippen LogP contribution in [0.4, 0.5) is 11.6 Å². The molecule has 0 aliphatic carbocycles. The Bertz CT molecular complexity index is 584. The molecule has 2 aromatic rings. The molecule has 0 radical (unpaired) electrons. The van der Waals surface area contributed by atoms with Crippen molar-refractivity contribution in [2.45, 2.75) is 6.54 Å². The highest BCUT2D eigenvalue weighted by atomic mass is 35.5. The highest BCUT2D eigenvalue weighted by Crippen LogP contribution is 2.16. The number of nitrogens with one attached hydrogen (secondary N) is 1. The van der Waals surface area contributed by atoms with Crippen molar-refractivity contribution in [3.8, 4) is 0 Å². The van der Waals surface area contributed by atoms with E-state index in [-0.39, 0.29) is 0 Å². The smallest absolute Gasteiger partial charge is 0.134 e. The Morgan fingerprint density at radius 1 is 1.14 bits per heavy atom. The number of anilines is 2. The van der Waals surface area contributed by atoms with Crippen LogP contribution in [0, 0.1) is 0 Å². The summed E-state index contributed by atoms with van der Waals surface area (Å²) in [5.74, 6) is 1.76. The summed E-state index contributed by atoms with van der Waals surface area (Å²) < 4.78 is 5.35. The van der Waals surface area contributed by atoms with Crippen molar-refractivity contribution in [3.05, 3.63) is 47.2 Å². The molecule has 1 fully saturated rings. The zero-order valence-electron chi connectivity index (χ0n) is 11.6. The molecule has 6 heteroatoms. The number of aromatic nitrogens is 2. The van der Waals surface area contributed by atoms with Crippen molar-refractivity contribution in [2.75, 3.05) is 36.5 Å². The van der Waals surface area contributed by atoms with Crippen molar-refractivity contribution >= 4 is 23.2 Å². The number of hydrogen-bond donors (Lipinski definition) is 1. The van der Waals surface area contributed by atoms with E-state index >= 15 is 0 Å². The molecular weight excluding hydrogens is 288 g/mol. The second-order valence-corrected chi connectivity index (χ2v) is 5.28. The van der Waals surface area contributed by atoms with Crippen LogP contribution in [0.25, 0.3) is 0 Å². The second kappa shape index (κ2) is 6.74. The number of nitrogens with zero attached hydrogens (tertiary/aromatic N) is 3. The molecule has 110 valence electrons. The van der Waals surface area contributed by atoms with Crippen molar-refractivity contribution in [2.24, 2.45) is 0 Å². The van der Waals surface area contributed by atoms with Crippen LogP contribution < -0.4 is 10.2 Å². The summed E-state index contributed by atoms with van der Waals surface area (Å²) in [6.45, 7) is 3.94. The van der Waals surface area contributed by atoms with Crippen molar-refractivity contribution in [3.63, 3.8) is 0 Å². The van der Waals surface area contributed by atoms with Gasteiger partial charge in [0, 0.05) is 30.7 Å². The quantitative estimate of drug-likeness (QED) is 0.941. The van der Waals surface area contributed by atoms with Gasteiger partial charge >= 0.3 is 0 Å². The molecule has 0 atom stereocenters. The fourth-order valence-corrected chi connectivity index (χ4v) is 2.33. The normalized spacial score (nSPS) is 15.0. The molecule has 0 unspecified atom stereocenters. The number of rotatable bonds is 4. The maximum atomic E-state index is 5.88. The van der Waals surface area contributed by atoms with Gasteiger partial charge in [-0.1, -0.05) is 23.7 Å². The van der Waals surface area contributed by atoms with Crippen LogP contribution in [0.3, 0.4) is 0 Å². The number of morpholine rings is 1. The van der Waals surface area contributed by atoms with Crippen LogP contribution in [0.1, 0.15) is 5.56 Å². The second-order valence-electron chi connectivity index (χ2n) is 4.84. The Labute approximate surface area is 128 Å². The van der Waals surface area contributed by atoms with Crippen LogP contribution in [0.15, 0.2) is 36.7 Å². The third-order valence-corrected chi connectivity index (χ3v) is 3.63. The lowest BCUT2D eigenvalue weighted by molar-refractivity contribution is 0.122. The van der Waals surface area contributed by atoms with Gasteiger partial charge < -0.3 is 15.0 Å². The van der Waals surface area contributed by atoms with Gasteiger partial charge in [-0.2, -0.15) is 0 Å². The van der Waals surface area contributed by atoms with Gasteiger partial charge in [0.1, 0.15) is 18.0 Å². The number of benzene rings is 1. The predicted molar refractivity (Wildman–Crippen MR) is 83.8 cm³/mol. The summed E-state index contributed by atoms with van der Waals surface area (Å²) in [5, 5.41) is 4.05. The molecule has 1 N–H and O–H groups in total. The molecule has 0 saturated carbocycles. The van der Waals surface area contributed by atoms with Crippen LogP contribution >= 0.6 is 11.6 Å². The largest absolute Gasteiger partial charge is 0.378 e. The first-order chi connectivity index (χ1) is 10.3. The summed E-state index contributed by atoms with van der Waals surface area (Å²) in [7, 11) is 0. The van der Waals surface area contributed by atoms with Crippen LogP contribution in [-0.4, -0.2) is 36.3 Å². The monoisotopic (exact) mass is 304 g/mol. The summed E-state index contributed by atoms with van der Waals surface area (Å²) >= 11 is 5.88. The van der Waals surface area contributed by atoms with Gasteiger partial charge in [-0.25, -0.2) is 9.97 Å². The molecule has 1 saturated heterocycles. The maximum absolute atomic E-state index is 5.88. The number of halogens is 1. The third-order valence-electron chi connectivity index (χ3n) is 3.37. The maximum Gasteiger partial charge on any atom is 0.134 e. The van der Waals surface area contributed by atoms with E-state index in [1.54, 1.807) is 6.33 Å². The topological polar surface area (TPSA) is 50.3 Å². The fourth-order valence-electron chi connectivity index (χ4n) is 2.20. The first-order valence-corrected chi connectivity index (χ1v) is 7.32. The van der Waals surface area contributed by atoms with E-state index in [0.717, 1.165) is 48.5 Å². The summed E-state index contributed by atoms with van der Waals surface area (Å²) in [6.07, 6.45) is 1.59. The lowest BCUT2D eigenvalue weighted by atomic mass is 10.2. The lowest BCUT2D eigenvalue weighted by Gasteiger charge is -2.27. The van der Waals surface area contributed by atoms with Gasteiger partial charge in [0.05, 0.1) is 13.2 Å². The molecule has 0 spiro atoms. The molecule has 0 amide bonds. The lowest BCUT2D eigenvalue weighted by Crippen LogP contribution is -2.36. The molecule has 21 heavy (non-hydrogen) atoms. The summed E-state index contributed by atoms with van der Waals surface area (Å²) in [6, 6.07) is 9.75. The first kappa shape index (κ1) is 14.1. The predicted octanol–water partition coefficient (Wildman–Crippen LogP) is 2.58. The van der Waals surface area contributed by atoms with Crippen molar-refractivity contribution < 1.29 is 4.74 Å². The Morgan fingerprint density at radius 3 is 2.67 bits per heavy atom. The number of ether oxygens (including phenoxy) is 1. The van der Waals surface area contributed by atoms with E-state index in [2.05, 4.69) is 20.2 Å². The van der Waals surface area contributed by atoms with Crippen molar-refractivity contribution in [1.82, 2.24) is 9.97 Å². The van der Waals surface area contributed by atoms with E-state index in [1.807, 2.05) is 30.3 Å². The Balaban J connectivity index is 1.64. The molecule has 1 aliphatic heterocycles. The molecule has 3 rings (SSSR count). The average Bonchev–Trinajstić information content (AvgIpc) is 2.55. The van der Waals surface area contributed by atoms with Gasteiger partial charge in [-0.05, 0) is 17.7 Å². The molecule has 1 aromatic heterocycles. The minimum Gasteiger partial charge on any atom is -0.378 e. The molecule has 2 heterocycles. The fraction of sp³-hybridized carbons (Fsp3) is 0.333. The molecule has 5 nitrogen and oxygen atoms in total. The highest BCUT2D eigenvalue weighted by Gasteiger charge is 2.12. The van der Waals surface area contributed by atoms with Crippen molar-refractivity contribution in [1.29, 1.82) is 0 Å². The molecule has 0 bridgehead atoms. The van der Waals surface area contributed by atoms with E-state index in [0.29, 0.717) is 6.54 Å².